The van der Waals surface area contributed by atoms with Crippen molar-refractivity contribution in [3.63, 3.8) is 0 Å². The highest BCUT2D eigenvalue weighted by Gasteiger charge is 2.39. The maximum atomic E-state index is 12.5. The smallest absolute Gasteiger partial charge is 0.327 e. The molecule has 1 amide bonds. The second kappa shape index (κ2) is 10.3. The third kappa shape index (κ3) is 5.37. The van der Waals surface area contributed by atoms with E-state index in [-0.39, 0.29) is 5.75 Å². The molecule has 0 aliphatic carbocycles. The number of hydrogen-bond donors (Lipinski definition) is 3. The van der Waals surface area contributed by atoms with Crippen LogP contribution in [0.3, 0.4) is 0 Å². The molecule has 6 heteroatoms. The first-order valence-electron chi connectivity index (χ1n) is 10.3. The standard InChI is InChI=1S/C26H27NO3S2/c1-25(2,31)24(30)27-22(23(28)29)18-32-26(19-12-6-3-7-13-19,20-14-8-4-9-15-20)21-16-10-5-11-17-21/h3-17,22,31H,18H2,1-2H3,(H,27,30)(H,28,29)/t22-/m0/s1. The van der Waals surface area contributed by atoms with E-state index >= 15 is 0 Å². The summed E-state index contributed by atoms with van der Waals surface area (Å²) < 4.78 is -1.63. The summed E-state index contributed by atoms with van der Waals surface area (Å²) >= 11 is 5.77. The Morgan fingerprint density at radius 3 is 1.53 bits per heavy atom. The quantitative estimate of drug-likeness (QED) is 0.308. The third-order valence-electron chi connectivity index (χ3n) is 5.17. The minimum absolute atomic E-state index is 0.170. The van der Waals surface area contributed by atoms with Gasteiger partial charge in [-0.3, -0.25) is 4.79 Å². The number of aliphatic carboxylic acids is 1. The summed E-state index contributed by atoms with van der Waals surface area (Å²) in [5, 5.41) is 12.5. The molecule has 3 rings (SSSR count). The maximum absolute atomic E-state index is 12.5. The van der Waals surface area contributed by atoms with E-state index < -0.39 is 27.4 Å². The molecule has 0 unspecified atom stereocenters. The molecule has 0 saturated heterocycles. The number of carboxylic acids is 1. The number of carbonyl (C=O) groups excluding carboxylic acids is 1. The van der Waals surface area contributed by atoms with Crippen LogP contribution in [0.4, 0.5) is 0 Å². The molecule has 0 radical (unpaired) electrons. The predicted octanol–water partition coefficient (Wildman–Crippen LogP) is 4.99. The zero-order valence-electron chi connectivity index (χ0n) is 18.1. The molecule has 32 heavy (non-hydrogen) atoms. The second-order valence-electron chi connectivity index (χ2n) is 8.01. The van der Waals surface area contributed by atoms with Crippen LogP contribution in [-0.2, 0) is 14.3 Å². The van der Waals surface area contributed by atoms with E-state index in [1.54, 1.807) is 13.8 Å². The topological polar surface area (TPSA) is 66.4 Å². The fraction of sp³-hybridized carbons (Fsp3) is 0.231. The highest BCUT2D eigenvalue weighted by Crippen LogP contribution is 2.48. The van der Waals surface area contributed by atoms with Gasteiger partial charge in [0.25, 0.3) is 0 Å². The third-order valence-corrected chi connectivity index (χ3v) is 7.01. The van der Waals surface area contributed by atoms with Crippen LogP contribution in [-0.4, -0.2) is 33.5 Å². The van der Waals surface area contributed by atoms with Crippen molar-refractivity contribution in [2.24, 2.45) is 0 Å². The summed E-state index contributed by atoms with van der Waals surface area (Å²) in [6.07, 6.45) is 0. The molecule has 1 atom stereocenters. The van der Waals surface area contributed by atoms with Gasteiger partial charge >= 0.3 is 5.97 Å². The predicted molar refractivity (Wildman–Crippen MR) is 134 cm³/mol. The molecule has 0 saturated carbocycles. The van der Waals surface area contributed by atoms with E-state index in [2.05, 4.69) is 54.3 Å². The Hall–Kier alpha value is -2.70. The van der Waals surface area contributed by atoms with Crippen LogP contribution in [0, 0.1) is 0 Å². The molecule has 166 valence electrons. The molecule has 3 aromatic rings. The van der Waals surface area contributed by atoms with Gasteiger partial charge in [-0.05, 0) is 30.5 Å². The van der Waals surface area contributed by atoms with Crippen LogP contribution >= 0.6 is 24.4 Å². The van der Waals surface area contributed by atoms with Gasteiger partial charge in [-0.1, -0.05) is 91.0 Å². The van der Waals surface area contributed by atoms with Crippen LogP contribution in [0.15, 0.2) is 91.0 Å². The van der Waals surface area contributed by atoms with E-state index in [1.807, 2.05) is 54.6 Å². The summed E-state index contributed by atoms with van der Waals surface area (Å²) in [7, 11) is 0. The van der Waals surface area contributed by atoms with Crippen LogP contribution in [0.2, 0.25) is 0 Å². The van der Waals surface area contributed by atoms with Gasteiger partial charge in [0.15, 0.2) is 0 Å². The summed E-state index contributed by atoms with van der Waals surface area (Å²) in [6, 6.07) is 29.0. The molecule has 0 spiro atoms. The maximum Gasteiger partial charge on any atom is 0.327 e. The minimum Gasteiger partial charge on any atom is -0.480 e. The van der Waals surface area contributed by atoms with Gasteiger partial charge in [0.2, 0.25) is 5.91 Å². The lowest BCUT2D eigenvalue weighted by atomic mass is 9.84. The first kappa shape index (κ1) is 24.0. The highest BCUT2D eigenvalue weighted by molar-refractivity contribution is 8.00. The van der Waals surface area contributed by atoms with Crippen molar-refractivity contribution in [3.05, 3.63) is 108 Å². The largest absolute Gasteiger partial charge is 0.480 e. The Morgan fingerprint density at radius 1 is 0.844 bits per heavy atom. The second-order valence-corrected chi connectivity index (χ2v) is 10.4. The molecule has 0 aliphatic heterocycles. The molecule has 0 fully saturated rings. The Labute approximate surface area is 198 Å². The summed E-state index contributed by atoms with van der Waals surface area (Å²) in [6.45, 7) is 3.28. The van der Waals surface area contributed by atoms with Gasteiger partial charge in [-0.15, -0.1) is 11.8 Å². The van der Waals surface area contributed by atoms with Gasteiger partial charge < -0.3 is 10.4 Å². The highest BCUT2D eigenvalue weighted by atomic mass is 32.2. The van der Waals surface area contributed by atoms with Gasteiger partial charge in [-0.25, -0.2) is 4.79 Å². The molecule has 0 aromatic heterocycles. The minimum atomic E-state index is -1.08. The van der Waals surface area contributed by atoms with Crippen molar-refractivity contribution >= 4 is 36.3 Å². The zero-order chi connectivity index (χ0) is 23.2. The molecule has 2 N–H and O–H groups in total. The van der Waals surface area contributed by atoms with E-state index in [0.717, 1.165) is 16.7 Å². The van der Waals surface area contributed by atoms with Crippen molar-refractivity contribution in [1.82, 2.24) is 5.32 Å². The van der Waals surface area contributed by atoms with E-state index in [0.29, 0.717) is 0 Å². The van der Waals surface area contributed by atoms with Crippen molar-refractivity contribution in [3.8, 4) is 0 Å². The first-order chi connectivity index (χ1) is 15.2. The number of nitrogens with one attached hydrogen (secondary N) is 1. The van der Waals surface area contributed by atoms with Crippen LogP contribution in [0.1, 0.15) is 30.5 Å². The fourth-order valence-corrected chi connectivity index (χ4v) is 5.10. The van der Waals surface area contributed by atoms with Gasteiger partial charge in [0.05, 0.1) is 9.49 Å². The van der Waals surface area contributed by atoms with Crippen LogP contribution < -0.4 is 5.32 Å². The van der Waals surface area contributed by atoms with E-state index in [1.165, 1.54) is 11.8 Å². The Balaban J connectivity index is 2.08. The fourth-order valence-electron chi connectivity index (χ4n) is 3.49. The summed E-state index contributed by atoms with van der Waals surface area (Å²) in [5.41, 5.74) is 3.10. The van der Waals surface area contributed by atoms with Crippen molar-refractivity contribution < 1.29 is 14.7 Å². The lowest BCUT2D eigenvalue weighted by Crippen LogP contribution is -2.49. The lowest BCUT2D eigenvalue weighted by molar-refractivity contribution is -0.141. The van der Waals surface area contributed by atoms with Crippen LogP contribution in [0.5, 0.6) is 0 Å². The molecule has 4 nitrogen and oxygen atoms in total. The average molecular weight is 466 g/mol. The number of hydrogen-bond acceptors (Lipinski definition) is 4. The van der Waals surface area contributed by atoms with Crippen molar-refractivity contribution in [2.75, 3.05) is 5.75 Å². The number of thiol groups is 1. The Kier molecular flexibility index (Phi) is 7.69. The van der Waals surface area contributed by atoms with Crippen molar-refractivity contribution in [1.29, 1.82) is 0 Å². The number of carboxylic acid groups (broad SMARTS) is 1. The SMILES string of the molecule is CC(C)(S)C(=O)N[C@@H](CSC(c1ccccc1)(c1ccccc1)c1ccccc1)C(=O)O. The Bertz CT molecular complexity index is 938. The molecular weight excluding hydrogens is 438 g/mol. The first-order valence-corrected chi connectivity index (χ1v) is 11.7. The molecule has 0 heterocycles. The number of amides is 1. The van der Waals surface area contributed by atoms with E-state index in [4.69, 9.17) is 0 Å². The number of rotatable bonds is 9. The molecular formula is C26H27NO3S2. The Morgan fingerprint density at radius 2 is 1.22 bits per heavy atom. The van der Waals surface area contributed by atoms with Crippen LogP contribution in [0.25, 0.3) is 0 Å². The molecule has 0 aliphatic rings. The number of benzene rings is 3. The van der Waals surface area contributed by atoms with Gasteiger partial charge in [0, 0.05) is 5.75 Å². The average Bonchev–Trinajstić information content (AvgIpc) is 2.80. The summed E-state index contributed by atoms with van der Waals surface area (Å²) in [4.78, 5) is 24.5. The molecule has 3 aromatic carbocycles. The zero-order valence-corrected chi connectivity index (χ0v) is 19.8. The van der Waals surface area contributed by atoms with Crippen molar-refractivity contribution in [2.45, 2.75) is 29.4 Å². The van der Waals surface area contributed by atoms with Gasteiger partial charge in [-0.2, -0.15) is 12.6 Å². The van der Waals surface area contributed by atoms with Gasteiger partial charge in [0.1, 0.15) is 6.04 Å². The summed E-state index contributed by atoms with van der Waals surface area (Å²) in [5.74, 6) is -1.33. The van der Waals surface area contributed by atoms with E-state index in [9.17, 15) is 14.7 Å². The number of thioether (sulfide) groups is 1. The normalized spacial score (nSPS) is 12.7. The molecule has 0 bridgehead atoms. The lowest BCUT2D eigenvalue weighted by Gasteiger charge is -2.36. The monoisotopic (exact) mass is 465 g/mol. The number of carbonyl (C=O) groups is 2.